The molecule has 0 unspecified atom stereocenters. The average Bonchev–Trinajstić information content (AvgIpc) is 1.65. The molecule has 0 atom stereocenters. The fraction of sp³-hybridized carbons (Fsp3) is 0.0357. The maximum absolute atomic E-state index is 6.40. The molecule has 4 bridgehead atoms. The van der Waals surface area contributed by atoms with E-state index in [4.69, 9.17) is 4.42 Å². The van der Waals surface area contributed by atoms with E-state index < -0.39 is 16.1 Å². The molecule has 0 radical (unpaired) electrons. The number of hydrogen-bond acceptors (Lipinski definition) is 2. The number of fused-ring (bicyclic) bond motifs is 12. The Hall–Kier alpha value is -14.0. The highest BCUT2D eigenvalue weighted by molar-refractivity contribution is 7.26. The van der Waals surface area contributed by atoms with Crippen molar-refractivity contribution < 1.29 is 4.42 Å². The van der Waals surface area contributed by atoms with Gasteiger partial charge in [-0.1, -0.05) is 352 Å². The van der Waals surface area contributed by atoms with Gasteiger partial charge in [0.15, 0.2) is 16.1 Å². The van der Waals surface area contributed by atoms with Crippen LogP contribution in [0.3, 0.4) is 0 Å². The summed E-state index contributed by atoms with van der Waals surface area (Å²) in [6.07, 6.45) is 0. The van der Waals surface area contributed by atoms with Crippen LogP contribution < -0.4 is 41.5 Å². The van der Waals surface area contributed by atoms with Crippen LogP contribution in [0.25, 0.3) is 97.1 Å². The number of rotatable bonds is 10. The van der Waals surface area contributed by atoms with Crippen molar-refractivity contribution in [2.75, 3.05) is 0 Å². The van der Waals surface area contributed by atoms with Crippen LogP contribution in [-0.2, 0) is 0 Å². The Morgan fingerprint density at radius 3 is 0.983 bits per heavy atom. The predicted octanol–water partition coefficient (Wildman–Crippen LogP) is 22.6. The normalized spacial score (nSPS) is 15.5. The zero-order chi connectivity index (χ0) is 77.3. The number of nitrogens with zero attached hydrogens (tertiary/aromatic N) is 2. The van der Waals surface area contributed by atoms with Gasteiger partial charge in [-0.3, -0.25) is 0 Å². The zero-order valence-electron chi connectivity index (χ0n) is 64.4. The molecule has 3 nitrogen and oxygen atoms in total. The lowest BCUT2D eigenvalue weighted by atomic mass is 9.60. The van der Waals surface area contributed by atoms with E-state index in [-0.39, 0.29) is 23.7 Å². The van der Waals surface area contributed by atoms with Crippen molar-refractivity contribution in [1.82, 2.24) is 9.13 Å². The molecule has 6 aliphatic carbocycles. The molecule has 6 aliphatic rings. The van der Waals surface area contributed by atoms with Gasteiger partial charge in [-0.15, -0.1) is 11.3 Å². The van der Waals surface area contributed by atoms with Crippen molar-refractivity contribution in [2.45, 2.75) is 23.7 Å². The highest BCUT2D eigenvalue weighted by Gasteiger charge is 2.47. The third-order valence-corrected chi connectivity index (χ3v) is 37.7. The minimum atomic E-state index is -2.93. The first-order chi connectivity index (χ1) is 58.6. The van der Waals surface area contributed by atoms with Crippen molar-refractivity contribution in [3.05, 3.63) is 491 Å². The quantitative estimate of drug-likeness (QED) is 0.0988. The van der Waals surface area contributed by atoms with Gasteiger partial charge in [-0.05, 0) is 181 Å². The van der Waals surface area contributed by atoms with Crippen LogP contribution in [0.1, 0.15) is 90.4 Å². The van der Waals surface area contributed by atoms with Crippen LogP contribution in [0, 0.1) is 0 Å². The summed E-state index contributed by atoms with van der Waals surface area (Å²) in [5, 5.41) is 21.2. The molecular formula is C112H74N2OSSi2. The second-order valence-corrected chi connectivity index (χ2v) is 41.3. The molecule has 552 valence electrons. The molecule has 0 amide bonds. The molecule has 4 aromatic heterocycles. The van der Waals surface area contributed by atoms with E-state index in [0.29, 0.717) is 0 Å². The van der Waals surface area contributed by atoms with E-state index in [9.17, 15) is 0 Å². The Labute approximate surface area is 689 Å². The van der Waals surface area contributed by atoms with Crippen molar-refractivity contribution in [1.29, 1.82) is 0 Å². The first kappa shape index (κ1) is 67.4. The van der Waals surface area contributed by atoms with E-state index >= 15 is 0 Å². The van der Waals surface area contributed by atoms with Crippen molar-refractivity contribution in [3.8, 4) is 11.4 Å². The first-order valence-corrected chi connectivity index (χ1v) is 46.1. The lowest BCUT2D eigenvalue weighted by molar-refractivity contribution is 0.669. The van der Waals surface area contributed by atoms with Crippen molar-refractivity contribution in [2.24, 2.45) is 0 Å². The van der Waals surface area contributed by atoms with E-state index in [1.165, 1.54) is 183 Å². The largest absolute Gasteiger partial charge is 0.456 e. The second kappa shape index (κ2) is 26.3. The fourth-order valence-electron chi connectivity index (χ4n) is 22.4. The number of aromatic nitrogens is 2. The van der Waals surface area contributed by atoms with Crippen LogP contribution in [-0.4, -0.2) is 25.3 Å². The predicted molar refractivity (Wildman–Crippen MR) is 499 cm³/mol. The standard InChI is InChI=1S/C56H37NOSi.C56H37NSSi/c2*1-3-17-37(18-4-1)59(38-19-5-2-6-20-38,40-30-33-52-48(35-40)41-22-12-14-29-51(41)58-52)39-21-15-16-36(34-39)57-49-28-13-11-27-46(49)55-50(57)32-31-47-53-42-23-7-9-25-44(42)54(56(47)55)45-26-10-8-24-43(45)53/h2*1-35,53-54H. The molecule has 4 heterocycles. The minimum absolute atomic E-state index is 0.182. The third kappa shape index (κ3) is 9.56. The highest BCUT2D eigenvalue weighted by atomic mass is 32.1. The molecule has 0 fully saturated rings. The van der Waals surface area contributed by atoms with Crippen LogP contribution in [0.4, 0.5) is 0 Å². The third-order valence-electron chi connectivity index (χ3n) is 27.0. The molecular weight excluding hydrogens is 1480 g/mol. The van der Waals surface area contributed by atoms with Gasteiger partial charge in [0.25, 0.3) is 0 Å². The molecule has 118 heavy (non-hydrogen) atoms. The number of benzene rings is 18. The lowest BCUT2D eigenvalue weighted by Crippen LogP contribution is -2.74. The lowest BCUT2D eigenvalue weighted by Gasteiger charge is -2.42. The molecule has 0 spiro atoms. The molecule has 6 heteroatoms. The molecule has 22 aromatic rings. The summed E-state index contributed by atoms with van der Waals surface area (Å²) in [6, 6.07) is 160. The molecule has 28 rings (SSSR count). The second-order valence-electron chi connectivity index (χ2n) is 32.6. The molecule has 0 saturated heterocycles. The van der Waals surface area contributed by atoms with Crippen LogP contribution in [0.5, 0.6) is 0 Å². The van der Waals surface area contributed by atoms with Crippen LogP contribution >= 0.6 is 11.3 Å². The van der Waals surface area contributed by atoms with Gasteiger partial charge in [0.05, 0.1) is 22.1 Å². The van der Waals surface area contributed by atoms with Crippen molar-refractivity contribution >= 4 is 155 Å². The Bertz CT molecular complexity index is 7230. The number of thiophene rings is 1. The van der Waals surface area contributed by atoms with Crippen LogP contribution in [0.2, 0.25) is 0 Å². The van der Waals surface area contributed by atoms with E-state index in [1.807, 2.05) is 11.3 Å². The maximum Gasteiger partial charge on any atom is 0.179 e. The van der Waals surface area contributed by atoms with Crippen LogP contribution in [0.15, 0.2) is 429 Å². The molecule has 0 saturated carbocycles. The Morgan fingerprint density at radius 1 is 0.203 bits per heavy atom. The summed E-state index contributed by atoms with van der Waals surface area (Å²) in [4.78, 5) is 0. The summed E-state index contributed by atoms with van der Waals surface area (Å²) in [6.45, 7) is 0. The molecule has 0 N–H and O–H groups in total. The number of furan rings is 1. The first-order valence-electron chi connectivity index (χ1n) is 41.3. The van der Waals surface area contributed by atoms with Gasteiger partial charge in [-0.25, -0.2) is 0 Å². The van der Waals surface area contributed by atoms with E-state index in [0.717, 1.165) is 21.9 Å². The Morgan fingerprint density at radius 2 is 0.534 bits per heavy atom. The maximum atomic E-state index is 6.40. The van der Waals surface area contributed by atoms with E-state index in [1.54, 1.807) is 0 Å². The minimum Gasteiger partial charge on any atom is -0.456 e. The van der Waals surface area contributed by atoms with Gasteiger partial charge in [-0.2, -0.15) is 0 Å². The Kier molecular flexibility index (Phi) is 15.0. The monoisotopic (exact) mass is 1550 g/mol. The summed E-state index contributed by atoms with van der Waals surface area (Å²) < 4.78 is 14.2. The summed E-state index contributed by atoms with van der Waals surface area (Å²) in [7, 11) is -5.80. The van der Waals surface area contributed by atoms with Gasteiger partial charge < -0.3 is 13.6 Å². The summed E-state index contributed by atoms with van der Waals surface area (Å²) >= 11 is 1.89. The number of para-hydroxylation sites is 3. The van der Waals surface area contributed by atoms with Crippen molar-refractivity contribution in [3.63, 3.8) is 0 Å². The van der Waals surface area contributed by atoms with Gasteiger partial charge in [0.2, 0.25) is 0 Å². The van der Waals surface area contributed by atoms with Gasteiger partial charge in [0, 0.05) is 87.5 Å². The SMILES string of the molecule is c1ccc([Si](c2ccccc2)(c2cccc(-n3c4ccccc4c4c5c(ccc43)C3c4ccccc4C5c4ccccc43)c2)c2ccc3oc4ccccc4c3c2)cc1.c1ccc([Si](c2ccccc2)(c2cccc(-n3c4ccccc4c4c5c(ccc43)C3c4ccccc4C5c4ccccc43)c2)c2ccc3sc4ccccc4c3c2)cc1. The molecule has 18 aromatic carbocycles. The number of hydrogen-bond donors (Lipinski definition) is 0. The topological polar surface area (TPSA) is 23.0 Å². The smallest absolute Gasteiger partial charge is 0.179 e. The average molecular weight is 1550 g/mol. The fourth-order valence-corrected chi connectivity index (χ4v) is 33.1. The highest BCUT2D eigenvalue weighted by Crippen LogP contribution is 2.60. The summed E-state index contributed by atoms with van der Waals surface area (Å²) in [5.74, 6) is 0.835. The van der Waals surface area contributed by atoms with E-state index in [2.05, 4.69) is 434 Å². The summed E-state index contributed by atoms with van der Waals surface area (Å²) in [5.41, 5.74) is 26.6. The Balaban J connectivity index is 0.000000131. The molecule has 0 aliphatic heterocycles. The van der Waals surface area contributed by atoms with Gasteiger partial charge >= 0.3 is 0 Å². The van der Waals surface area contributed by atoms with Gasteiger partial charge in [0.1, 0.15) is 11.2 Å². The zero-order valence-corrected chi connectivity index (χ0v) is 67.3.